The Balaban J connectivity index is 1.95. The van der Waals surface area contributed by atoms with E-state index in [0.717, 1.165) is 18.9 Å². The Labute approximate surface area is 161 Å². The number of sulfonamides is 1. The topological polar surface area (TPSA) is 102 Å². The second-order valence-corrected chi connectivity index (χ2v) is 8.37. The third-order valence-corrected chi connectivity index (χ3v) is 6.49. The van der Waals surface area contributed by atoms with E-state index in [1.807, 2.05) is 0 Å². The number of nitrogens with zero attached hydrogens (tertiary/aromatic N) is 2. The van der Waals surface area contributed by atoms with Gasteiger partial charge in [0.2, 0.25) is 10.0 Å². The molecule has 2 aromatic rings. The van der Waals surface area contributed by atoms with E-state index in [1.54, 1.807) is 18.2 Å². The summed E-state index contributed by atoms with van der Waals surface area (Å²) in [4.78, 5) is 10.8. The predicted molar refractivity (Wildman–Crippen MR) is 102 cm³/mol. The second kappa shape index (κ2) is 7.71. The van der Waals surface area contributed by atoms with Crippen molar-refractivity contribution in [1.82, 2.24) is 4.31 Å². The molecule has 0 atom stereocenters. The second-order valence-electron chi connectivity index (χ2n) is 6.02. The van der Waals surface area contributed by atoms with Crippen molar-refractivity contribution >= 4 is 38.7 Å². The van der Waals surface area contributed by atoms with Gasteiger partial charge in [0.25, 0.3) is 5.69 Å². The molecular formula is C17H18ClN3O5S. The lowest BCUT2D eigenvalue weighted by Crippen LogP contribution is -2.27. The van der Waals surface area contributed by atoms with E-state index in [-0.39, 0.29) is 16.3 Å². The summed E-state index contributed by atoms with van der Waals surface area (Å²) in [6, 6.07) is 8.69. The number of hydrogen-bond donors (Lipinski definition) is 1. The van der Waals surface area contributed by atoms with Crippen molar-refractivity contribution in [3.05, 3.63) is 51.5 Å². The number of halogens is 1. The molecule has 0 saturated carbocycles. The Morgan fingerprint density at radius 1 is 1.19 bits per heavy atom. The standard InChI is InChI=1S/C17H18ClN3O5S/c1-26-17-7-4-12(10-14(17)18)19-15-6-5-13(11-16(15)21(22)23)27(24,25)20-8-2-3-9-20/h4-7,10-11,19H,2-3,8-9H2,1H3. The summed E-state index contributed by atoms with van der Waals surface area (Å²) in [5.74, 6) is 0.476. The molecule has 0 aromatic heterocycles. The molecule has 27 heavy (non-hydrogen) atoms. The molecule has 0 spiro atoms. The van der Waals surface area contributed by atoms with Crippen LogP contribution in [0.3, 0.4) is 0 Å². The fourth-order valence-corrected chi connectivity index (χ4v) is 4.70. The first-order valence-corrected chi connectivity index (χ1v) is 10.0. The molecule has 1 heterocycles. The molecule has 0 unspecified atom stereocenters. The zero-order chi connectivity index (χ0) is 19.6. The molecule has 1 saturated heterocycles. The van der Waals surface area contributed by atoms with Crippen LogP contribution in [0.5, 0.6) is 5.75 Å². The Bertz CT molecular complexity index is 975. The Kier molecular flexibility index (Phi) is 5.54. The monoisotopic (exact) mass is 411 g/mol. The minimum Gasteiger partial charge on any atom is -0.495 e. The van der Waals surface area contributed by atoms with Crippen molar-refractivity contribution < 1.29 is 18.1 Å². The number of methoxy groups -OCH3 is 1. The summed E-state index contributed by atoms with van der Waals surface area (Å²) < 4.78 is 31.7. The Hall–Kier alpha value is -2.36. The highest BCUT2D eigenvalue weighted by Crippen LogP contribution is 2.34. The summed E-state index contributed by atoms with van der Waals surface area (Å²) in [5.41, 5.74) is 0.350. The van der Waals surface area contributed by atoms with E-state index >= 15 is 0 Å². The number of ether oxygens (including phenoxy) is 1. The van der Waals surface area contributed by atoms with Gasteiger partial charge in [0.15, 0.2) is 0 Å². The average Bonchev–Trinajstić information content (AvgIpc) is 3.17. The highest BCUT2D eigenvalue weighted by atomic mass is 35.5. The van der Waals surface area contributed by atoms with Crippen molar-refractivity contribution in [2.45, 2.75) is 17.7 Å². The van der Waals surface area contributed by atoms with Crippen LogP contribution in [0.15, 0.2) is 41.3 Å². The number of anilines is 2. The van der Waals surface area contributed by atoms with Crippen molar-refractivity contribution in [3.8, 4) is 5.75 Å². The van der Waals surface area contributed by atoms with Crippen LogP contribution in [0.4, 0.5) is 17.1 Å². The van der Waals surface area contributed by atoms with Crippen molar-refractivity contribution in [2.75, 3.05) is 25.5 Å². The van der Waals surface area contributed by atoms with Crippen LogP contribution in [0.2, 0.25) is 5.02 Å². The fraction of sp³-hybridized carbons (Fsp3) is 0.294. The number of nitrogens with one attached hydrogen (secondary N) is 1. The average molecular weight is 412 g/mol. The molecule has 1 aliphatic heterocycles. The first kappa shape index (κ1) is 19.4. The molecule has 144 valence electrons. The van der Waals surface area contributed by atoms with Crippen molar-refractivity contribution in [1.29, 1.82) is 0 Å². The molecule has 0 amide bonds. The van der Waals surface area contributed by atoms with Crippen LogP contribution in [-0.4, -0.2) is 37.8 Å². The molecule has 1 aliphatic rings. The smallest absolute Gasteiger partial charge is 0.294 e. The van der Waals surface area contributed by atoms with Gasteiger partial charge in [0.1, 0.15) is 11.4 Å². The lowest BCUT2D eigenvalue weighted by Gasteiger charge is -2.16. The van der Waals surface area contributed by atoms with Gasteiger partial charge in [-0.3, -0.25) is 10.1 Å². The minimum absolute atomic E-state index is 0.0885. The van der Waals surface area contributed by atoms with Gasteiger partial charge in [-0.05, 0) is 43.2 Å². The largest absolute Gasteiger partial charge is 0.495 e. The lowest BCUT2D eigenvalue weighted by atomic mass is 10.2. The minimum atomic E-state index is -3.74. The number of rotatable bonds is 6. The normalized spacial score (nSPS) is 14.9. The third-order valence-electron chi connectivity index (χ3n) is 4.30. The zero-order valence-corrected chi connectivity index (χ0v) is 16.1. The van der Waals surface area contributed by atoms with Gasteiger partial charge < -0.3 is 10.1 Å². The Morgan fingerprint density at radius 2 is 1.89 bits per heavy atom. The summed E-state index contributed by atoms with van der Waals surface area (Å²) >= 11 is 6.07. The summed E-state index contributed by atoms with van der Waals surface area (Å²) in [7, 11) is -2.25. The van der Waals surface area contributed by atoms with Crippen LogP contribution < -0.4 is 10.1 Å². The summed E-state index contributed by atoms with van der Waals surface area (Å²) in [5, 5.41) is 14.7. The molecule has 1 fully saturated rings. The molecule has 0 radical (unpaired) electrons. The maximum atomic E-state index is 12.6. The highest BCUT2D eigenvalue weighted by molar-refractivity contribution is 7.89. The fourth-order valence-electron chi connectivity index (χ4n) is 2.91. The van der Waals surface area contributed by atoms with Gasteiger partial charge in [-0.15, -0.1) is 0 Å². The van der Waals surface area contributed by atoms with E-state index in [4.69, 9.17) is 16.3 Å². The lowest BCUT2D eigenvalue weighted by molar-refractivity contribution is -0.384. The first-order valence-electron chi connectivity index (χ1n) is 8.22. The molecule has 0 bridgehead atoms. The predicted octanol–water partition coefficient (Wildman–Crippen LogP) is 3.78. The highest BCUT2D eigenvalue weighted by Gasteiger charge is 2.29. The van der Waals surface area contributed by atoms with Crippen molar-refractivity contribution in [2.24, 2.45) is 0 Å². The number of nitro benzene ring substituents is 1. The van der Waals surface area contributed by atoms with E-state index in [2.05, 4.69) is 5.32 Å². The molecule has 1 N–H and O–H groups in total. The van der Waals surface area contributed by atoms with E-state index in [1.165, 1.54) is 23.5 Å². The van der Waals surface area contributed by atoms with Crippen LogP contribution in [0.1, 0.15) is 12.8 Å². The van der Waals surface area contributed by atoms with Gasteiger partial charge in [0.05, 0.1) is 22.0 Å². The molecule has 3 rings (SSSR count). The van der Waals surface area contributed by atoms with Crippen LogP contribution >= 0.6 is 11.6 Å². The third kappa shape index (κ3) is 4.00. The van der Waals surface area contributed by atoms with E-state index in [0.29, 0.717) is 29.5 Å². The van der Waals surface area contributed by atoms with E-state index < -0.39 is 14.9 Å². The number of nitro groups is 1. The number of benzene rings is 2. The molecule has 0 aliphatic carbocycles. The molecular weight excluding hydrogens is 394 g/mol. The van der Waals surface area contributed by atoms with Gasteiger partial charge in [0, 0.05) is 24.8 Å². The Morgan fingerprint density at radius 3 is 2.48 bits per heavy atom. The molecule has 2 aromatic carbocycles. The van der Waals surface area contributed by atoms with Crippen LogP contribution in [0, 0.1) is 10.1 Å². The summed E-state index contributed by atoms with van der Waals surface area (Å²) in [6.07, 6.45) is 1.58. The SMILES string of the molecule is COc1ccc(Nc2ccc(S(=O)(=O)N3CCCC3)cc2[N+](=O)[O-])cc1Cl. The van der Waals surface area contributed by atoms with E-state index in [9.17, 15) is 18.5 Å². The van der Waals surface area contributed by atoms with Gasteiger partial charge in [-0.1, -0.05) is 11.6 Å². The quantitative estimate of drug-likeness (QED) is 0.573. The van der Waals surface area contributed by atoms with Crippen molar-refractivity contribution in [3.63, 3.8) is 0 Å². The molecule has 8 nitrogen and oxygen atoms in total. The number of hydrogen-bond acceptors (Lipinski definition) is 6. The van der Waals surface area contributed by atoms with Crippen LogP contribution in [0.25, 0.3) is 0 Å². The maximum absolute atomic E-state index is 12.6. The molecule has 10 heteroatoms. The van der Waals surface area contributed by atoms with Gasteiger partial charge in [-0.2, -0.15) is 4.31 Å². The summed E-state index contributed by atoms with van der Waals surface area (Å²) in [6.45, 7) is 0.862. The van der Waals surface area contributed by atoms with Gasteiger partial charge in [-0.25, -0.2) is 8.42 Å². The maximum Gasteiger partial charge on any atom is 0.294 e. The van der Waals surface area contributed by atoms with Gasteiger partial charge >= 0.3 is 0 Å². The van der Waals surface area contributed by atoms with Crippen LogP contribution in [-0.2, 0) is 10.0 Å². The first-order chi connectivity index (χ1) is 12.8. The zero-order valence-electron chi connectivity index (χ0n) is 14.5.